The average Bonchev–Trinajstić information content (AvgIpc) is 3.02. The van der Waals surface area contributed by atoms with Gasteiger partial charge in [0.15, 0.2) is 0 Å². The average molecular weight is 463 g/mol. The fraction of sp³-hybridized carbons (Fsp3) is 1.00. The van der Waals surface area contributed by atoms with Crippen LogP contribution >= 0.6 is 15.6 Å². The van der Waals surface area contributed by atoms with E-state index in [2.05, 4.69) is 9.05 Å². The third-order valence-corrected chi connectivity index (χ3v) is 6.41. The minimum absolute atomic E-state index is 0.576. The van der Waals surface area contributed by atoms with E-state index in [9.17, 15) is 34.2 Å². The topological polar surface area (TPSA) is 217 Å². The summed E-state index contributed by atoms with van der Waals surface area (Å²) in [6, 6.07) is -1.55. The van der Waals surface area contributed by atoms with Gasteiger partial charge in [0.2, 0.25) is 0 Å². The Balaban J connectivity index is 1.95. The molecule has 14 nitrogen and oxygen atoms in total. The maximum absolute atomic E-state index is 12.3. The highest BCUT2D eigenvalue weighted by Crippen LogP contribution is 2.49. The van der Waals surface area contributed by atoms with E-state index >= 15 is 0 Å². The van der Waals surface area contributed by atoms with Crippen LogP contribution in [0.2, 0.25) is 0 Å². The number of nitrogens with two attached hydrogens (primary N) is 1. The number of hydrogen-bond acceptors (Lipinski definition) is 12. The van der Waals surface area contributed by atoms with Crippen molar-refractivity contribution in [3.8, 4) is 0 Å². The number of aliphatic hydroxyl groups excluding tert-OH is 3. The maximum atomic E-state index is 12.3. The van der Waals surface area contributed by atoms with Crippen molar-refractivity contribution in [3.63, 3.8) is 0 Å². The summed E-state index contributed by atoms with van der Waals surface area (Å²) in [5, 5.41) is 29.6. The maximum Gasteiger partial charge on any atom is 0.473 e. The minimum Gasteiger partial charge on any atom is -0.388 e. The minimum atomic E-state index is -4.79. The molecule has 2 fully saturated rings. The number of ether oxygens (including phenoxy) is 2. The molecular formula is C11H25B2NO13P2. The molecule has 2 heterocycles. The standard InChI is InChI=1S/C11H25B2NO13P2/c12-10-7(16)6(15)4(25-10)1-23-29(20,21)27-9-5(26-11(13)8(9)17)2-22-28(18,19)24-3-14/h4-11,15-17H,1-3,12-14H2,(H,18,19)(H,20,21)/t4-,5-,6?,7+,8+,9?,10-,11-/m1/s1. The highest BCUT2D eigenvalue weighted by atomic mass is 31.2. The lowest BCUT2D eigenvalue weighted by atomic mass is 9.93. The Kier molecular flexibility index (Phi) is 8.88. The summed E-state index contributed by atoms with van der Waals surface area (Å²) in [7, 11) is -6.31. The van der Waals surface area contributed by atoms with E-state index in [4.69, 9.17) is 24.3 Å². The van der Waals surface area contributed by atoms with Gasteiger partial charge in [-0.15, -0.1) is 0 Å². The SMILES string of the molecule is B[C@@H]1O[C@H](COP(=O)(O)OC2[C@@H](COP(=O)(O)OCN)O[C@@H](B)[C@H]2O)C(O)[C@@H]1O. The van der Waals surface area contributed by atoms with Gasteiger partial charge < -0.3 is 40.3 Å². The van der Waals surface area contributed by atoms with Crippen LogP contribution in [0.1, 0.15) is 0 Å². The van der Waals surface area contributed by atoms with Crippen LogP contribution in [-0.2, 0) is 36.7 Å². The molecule has 0 aromatic carbocycles. The van der Waals surface area contributed by atoms with Crippen LogP contribution in [0, 0.1) is 0 Å². The summed E-state index contributed by atoms with van der Waals surface area (Å²) < 4.78 is 53.1. The van der Waals surface area contributed by atoms with E-state index in [0.717, 1.165) is 0 Å². The lowest BCUT2D eigenvalue weighted by Gasteiger charge is -2.24. The van der Waals surface area contributed by atoms with Crippen molar-refractivity contribution in [2.75, 3.05) is 19.9 Å². The largest absolute Gasteiger partial charge is 0.473 e. The van der Waals surface area contributed by atoms with E-state index in [1.165, 1.54) is 15.7 Å². The van der Waals surface area contributed by atoms with Gasteiger partial charge in [-0.25, -0.2) is 9.13 Å². The van der Waals surface area contributed by atoms with Crippen molar-refractivity contribution in [2.24, 2.45) is 5.73 Å². The van der Waals surface area contributed by atoms with Crippen LogP contribution in [0.4, 0.5) is 0 Å². The summed E-state index contributed by atoms with van der Waals surface area (Å²) in [6.45, 7) is -1.78. The summed E-state index contributed by atoms with van der Waals surface area (Å²) in [6.07, 6.45) is -7.61. The molecule has 2 aliphatic rings. The molecule has 0 amide bonds. The molecule has 10 atom stereocenters. The molecule has 4 unspecified atom stereocenters. The second-order valence-corrected chi connectivity index (χ2v) is 9.49. The van der Waals surface area contributed by atoms with E-state index in [1.807, 2.05) is 0 Å². The highest BCUT2D eigenvalue weighted by Gasteiger charge is 2.48. The van der Waals surface area contributed by atoms with E-state index in [-0.39, 0.29) is 0 Å². The van der Waals surface area contributed by atoms with Crippen LogP contribution < -0.4 is 5.73 Å². The van der Waals surface area contributed by atoms with Gasteiger partial charge in [0.25, 0.3) is 0 Å². The lowest BCUT2D eigenvalue weighted by molar-refractivity contribution is -0.0328. The van der Waals surface area contributed by atoms with Crippen LogP contribution in [0.25, 0.3) is 0 Å². The van der Waals surface area contributed by atoms with Crippen molar-refractivity contribution < 1.29 is 61.8 Å². The van der Waals surface area contributed by atoms with Gasteiger partial charge in [-0.3, -0.25) is 18.1 Å². The van der Waals surface area contributed by atoms with Gasteiger partial charge in [0.1, 0.15) is 59.0 Å². The Morgan fingerprint density at radius 2 is 1.34 bits per heavy atom. The third-order valence-electron chi connectivity index (χ3n) is 4.47. The first kappa shape index (κ1) is 25.4. The Bertz CT molecular complexity index is 646. The number of hydrogen-bond donors (Lipinski definition) is 6. The van der Waals surface area contributed by atoms with Gasteiger partial charge in [0, 0.05) is 0 Å². The first-order valence-electron chi connectivity index (χ1n) is 8.69. The van der Waals surface area contributed by atoms with Crippen molar-refractivity contribution in [3.05, 3.63) is 0 Å². The quantitative estimate of drug-likeness (QED) is 0.102. The summed E-state index contributed by atoms with van der Waals surface area (Å²) >= 11 is 0. The van der Waals surface area contributed by atoms with E-state index in [0.29, 0.717) is 0 Å². The molecule has 0 radical (unpaired) electrons. The van der Waals surface area contributed by atoms with E-state index < -0.39 is 84.2 Å². The Hall–Kier alpha value is 0.110. The predicted molar refractivity (Wildman–Crippen MR) is 99.0 cm³/mol. The highest BCUT2D eigenvalue weighted by molar-refractivity contribution is 7.47. The van der Waals surface area contributed by atoms with E-state index in [1.54, 1.807) is 0 Å². The first-order chi connectivity index (χ1) is 13.4. The second-order valence-electron chi connectivity index (χ2n) is 6.63. The second kappa shape index (κ2) is 10.2. The molecule has 0 aliphatic carbocycles. The molecule has 0 spiro atoms. The number of phosphoric ester groups is 2. The molecule has 7 N–H and O–H groups in total. The van der Waals surface area contributed by atoms with Crippen LogP contribution in [0.3, 0.4) is 0 Å². The zero-order valence-electron chi connectivity index (χ0n) is 15.7. The Labute approximate surface area is 168 Å². The van der Waals surface area contributed by atoms with Gasteiger partial charge in [0.05, 0.1) is 25.2 Å². The molecule has 2 aliphatic heterocycles. The van der Waals surface area contributed by atoms with Crippen LogP contribution in [0.5, 0.6) is 0 Å². The Morgan fingerprint density at radius 3 is 1.90 bits per heavy atom. The number of rotatable bonds is 10. The molecule has 0 bridgehead atoms. The van der Waals surface area contributed by atoms with Gasteiger partial charge in [-0.05, 0) is 0 Å². The number of aliphatic hydroxyl groups is 3. The van der Waals surface area contributed by atoms with Gasteiger partial charge >= 0.3 is 15.6 Å². The molecule has 0 aromatic heterocycles. The molecule has 168 valence electrons. The normalized spacial score (nSPS) is 41.9. The zero-order valence-corrected chi connectivity index (χ0v) is 17.5. The molecular weight excluding hydrogens is 438 g/mol. The smallest absolute Gasteiger partial charge is 0.388 e. The monoisotopic (exact) mass is 463 g/mol. The molecule has 2 saturated heterocycles. The zero-order chi connectivity index (χ0) is 22.0. The van der Waals surface area contributed by atoms with Crippen molar-refractivity contribution in [2.45, 2.75) is 48.6 Å². The summed E-state index contributed by atoms with van der Waals surface area (Å²) in [4.78, 5) is 19.3. The first-order valence-corrected chi connectivity index (χ1v) is 11.7. The lowest BCUT2D eigenvalue weighted by Crippen LogP contribution is -2.37. The molecule has 0 aromatic rings. The molecule has 29 heavy (non-hydrogen) atoms. The fourth-order valence-corrected chi connectivity index (χ4v) is 4.47. The molecule has 18 heteroatoms. The number of phosphoric acid groups is 2. The van der Waals surface area contributed by atoms with Gasteiger partial charge in [-0.2, -0.15) is 0 Å². The Morgan fingerprint density at radius 1 is 0.828 bits per heavy atom. The molecule has 2 rings (SSSR count). The summed E-state index contributed by atoms with van der Waals surface area (Å²) in [5.74, 6) is 0. The summed E-state index contributed by atoms with van der Waals surface area (Å²) in [5.41, 5.74) is 5.00. The predicted octanol–water partition coefficient (Wildman–Crippen LogP) is -4.66. The van der Waals surface area contributed by atoms with Gasteiger partial charge in [-0.1, -0.05) is 0 Å². The third kappa shape index (κ3) is 6.79. The van der Waals surface area contributed by atoms with Crippen LogP contribution in [-0.4, -0.2) is 109 Å². The van der Waals surface area contributed by atoms with Crippen molar-refractivity contribution in [1.29, 1.82) is 0 Å². The fourth-order valence-electron chi connectivity index (χ4n) is 2.91. The van der Waals surface area contributed by atoms with Crippen LogP contribution in [0.15, 0.2) is 0 Å². The van der Waals surface area contributed by atoms with Crippen molar-refractivity contribution in [1.82, 2.24) is 0 Å². The van der Waals surface area contributed by atoms with Crippen molar-refractivity contribution >= 4 is 31.3 Å². The molecule has 0 saturated carbocycles.